The largest absolute Gasteiger partial charge is 0.467 e. The number of nitrogens with zero attached hydrogens (tertiary/aromatic N) is 3. The number of thiophene rings is 1. The second kappa shape index (κ2) is 10.8. The zero-order valence-electron chi connectivity index (χ0n) is 17.7. The summed E-state index contributed by atoms with van der Waals surface area (Å²) >= 11 is 2.86. The van der Waals surface area contributed by atoms with E-state index in [2.05, 4.69) is 20.5 Å². The zero-order valence-corrected chi connectivity index (χ0v) is 19.4. The molecule has 3 heterocycles. The SMILES string of the molecule is CN(C(=O)CSc1n[nH]c(/C=C/c2cccs2)n1)c1ccccc1C(=O)NCc1ccco1. The van der Waals surface area contributed by atoms with Crippen molar-refractivity contribution < 1.29 is 14.0 Å². The maximum absolute atomic E-state index is 12.8. The number of rotatable bonds is 9. The third-order valence-electron chi connectivity index (χ3n) is 4.64. The smallest absolute Gasteiger partial charge is 0.253 e. The topological polar surface area (TPSA) is 104 Å². The second-order valence-electron chi connectivity index (χ2n) is 6.87. The molecule has 8 nitrogen and oxygen atoms in total. The van der Waals surface area contributed by atoms with Gasteiger partial charge in [0.05, 0.1) is 29.8 Å². The highest BCUT2D eigenvalue weighted by atomic mass is 32.2. The Morgan fingerprint density at radius 3 is 2.85 bits per heavy atom. The predicted molar refractivity (Wildman–Crippen MR) is 130 cm³/mol. The molecule has 4 rings (SSSR count). The molecular formula is C23H21N5O3S2. The Hall–Kier alpha value is -3.63. The third kappa shape index (κ3) is 5.99. The van der Waals surface area contributed by atoms with Gasteiger partial charge in [-0.25, -0.2) is 4.98 Å². The number of thioether (sulfide) groups is 1. The molecule has 0 atom stereocenters. The Balaban J connectivity index is 1.35. The number of hydrogen-bond acceptors (Lipinski definition) is 7. The summed E-state index contributed by atoms with van der Waals surface area (Å²) in [5.74, 6) is 0.936. The monoisotopic (exact) mass is 479 g/mol. The number of hydrogen-bond donors (Lipinski definition) is 2. The molecule has 0 aliphatic heterocycles. The first-order valence-corrected chi connectivity index (χ1v) is 11.9. The Morgan fingerprint density at radius 2 is 2.06 bits per heavy atom. The average Bonchev–Trinajstić information content (AvgIpc) is 3.62. The molecule has 0 saturated carbocycles. The van der Waals surface area contributed by atoms with Gasteiger partial charge in [0.2, 0.25) is 11.1 Å². The molecule has 4 aromatic rings. The van der Waals surface area contributed by atoms with E-state index in [0.29, 0.717) is 28.0 Å². The molecule has 0 spiro atoms. The number of anilines is 1. The van der Waals surface area contributed by atoms with Crippen LogP contribution >= 0.6 is 23.1 Å². The zero-order chi connectivity index (χ0) is 23.0. The minimum atomic E-state index is -0.287. The molecule has 0 fully saturated rings. The minimum absolute atomic E-state index is 0.130. The highest BCUT2D eigenvalue weighted by Gasteiger charge is 2.19. The molecule has 0 unspecified atom stereocenters. The van der Waals surface area contributed by atoms with Crippen LogP contribution in [0.15, 0.2) is 69.7 Å². The van der Waals surface area contributed by atoms with E-state index in [1.54, 1.807) is 61.0 Å². The van der Waals surface area contributed by atoms with Crippen molar-refractivity contribution in [2.45, 2.75) is 11.7 Å². The predicted octanol–water partition coefficient (Wildman–Crippen LogP) is 4.31. The molecule has 0 aliphatic rings. The lowest BCUT2D eigenvalue weighted by Gasteiger charge is -2.20. The summed E-state index contributed by atoms with van der Waals surface area (Å²) in [6.07, 6.45) is 5.34. The summed E-state index contributed by atoms with van der Waals surface area (Å²) < 4.78 is 5.25. The molecule has 10 heteroatoms. The van der Waals surface area contributed by atoms with Crippen molar-refractivity contribution >= 4 is 52.8 Å². The van der Waals surface area contributed by atoms with Gasteiger partial charge in [-0.05, 0) is 47.9 Å². The van der Waals surface area contributed by atoms with E-state index in [1.807, 2.05) is 29.7 Å². The first-order chi connectivity index (χ1) is 16.1. The van der Waals surface area contributed by atoms with Crippen LogP contribution < -0.4 is 10.2 Å². The van der Waals surface area contributed by atoms with Crippen molar-refractivity contribution in [3.05, 3.63) is 82.2 Å². The molecule has 0 saturated heterocycles. The summed E-state index contributed by atoms with van der Waals surface area (Å²) in [4.78, 5) is 32.5. The Bertz CT molecular complexity index is 1230. The minimum Gasteiger partial charge on any atom is -0.467 e. The van der Waals surface area contributed by atoms with Crippen molar-refractivity contribution in [3.8, 4) is 0 Å². The first kappa shape index (κ1) is 22.6. The first-order valence-electron chi connectivity index (χ1n) is 10.0. The number of para-hydroxylation sites is 1. The molecule has 0 radical (unpaired) electrons. The molecule has 1 aromatic carbocycles. The summed E-state index contributed by atoms with van der Waals surface area (Å²) in [5.41, 5.74) is 0.929. The van der Waals surface area contributed by atoms with Gasteiger partial charge in [0.25, 0.3) is 5.91 Å². The molecule has 33 heavy (non-hydrogen) atoms. The van der Waals surface area contributed by atoms with Crippen LogP contribution in [0.4, 0.5) is 5.69 Å². The molecule has 0 bridgehead atoms. The van der Waals surface area contributed by atoms with Crippen LogP contribution in [0.3, 0.4) is 0 Å². The van der Waals surface area contributed by atoms with Crippen molar-refractivity contribution in [2.24, 2.45) is 0 Å². The van der Waals surface area contributed by atoms with Gasteiger partial charge in [-0.1, -0.05) is 30.0 Å². The van der Waals surface area contributed by atoms with Crippen LogP contribution in [0.25, 0.3) is 12.2 Å². The molecule has 2 N–H and O–H groups in total. The molecular weight excluding hydrogens is 458 g/mol. The van der Waals surface area contributed by atoms with Crippen LogP contribution in [0.2, 0.25) is 0 Å². The van der Waals surface area contributed by atoms with E-state index in [4.69, 9.17) is 4.42 Å². The maximum atomic E-state index is 12.8. The summed E-state index contributed by atoms with van der Waals surface area (Å²) in [6.45, 7) is 0.266. The molecule has 168 valence electrons. The van der Waals surface area contributed by atoms with Gasteiger partial charge < -0.3 is 14.6 Å². The van der Waals surface area contributed by atoms with Crippen LogP contribution in [-0.4, -0.2) is 39.8 Å². The summed E-state index contributed by atoms with van der Waals surface area (Å²) in [7, 11) is 1.65. The summed E-state index contributed by atoms with van der Waals surface area (Å²) in [5, 5.41) is 12.3. The van der Waals surface area contributed by atoms with Crippen molar-refractivity contribution in [1.82, 2.24) is 20.5 Å². The number of benzene rings is 1. The molecule has 3 aromatic heterocycles. The van der Waals surface area contributed by atoms with Gasteiger partial charge in [-0.2, -0.15) is 0 Å². The molecule has 2 amide bonds. The van der Waals surface area contributed by atoms with Crippen molar-refractivity contribution in [1.29, 1.82) is 0 Å². The number of aromatic amines is 1. The number of carbonyl (C=O) groups excluding carboxylic acids is 2. The Kier molecular flexibility index (Phi) is 7.38. The highest BCUT2D eigenvalue weighted by molar-refractivity contribution is 7.99. The average molecular weight is 480 g/mol. The number of nitrogens with one attached hydrogen (secondary N) is 2. The quantitative estimate of drug-likeness (QED) is 0.347. The lowest BCUT2D eigenvalue weighted by molar-refractivity contribution is -0.115. The van der Waals surface area contributed by atoms with Crippen molar-refractivity contribution in [3.63, 3.8) is 0 Å². The number of aromatic nitrogens is 3. The summed E-state index contributed by atoms with van der Waals surface area (Å²) in [6, 6.07) is 14.5. The van der Waals surface area contributed by atoms with Crippen LogP contribution in [0.1, 0.15) is 26.8 Å². The fourth-order valence-electron chi connectivity index (χ4n) is 2.94. The highest BCUT2D eigenvalue weighted by Crippen LogP contribution is 2.22. The lowest BCUT2D eigenvalue weighted by atomic mass is 10.1. The molecule has 0 aliphatic carbocycles. The van der Waals surface area contributed by atoms with Crippen LogP contribution in [-0.2, 0) is 11.3 Å². The van der Waals surface area contributed by atoms with Crippen LogP contribution in [0.5, 0.6) is 0 Å². The maximum Gasteiger partial charge on any atom is 0.253 e. The van der Waals surface area contributed by atoms with Gasteiger partial charge in [0.1, 0.15) is 11.6 Å². The fourth-order valence-corrected chi connectivity index (χ4v) is 4.27. The third-order valence-corrected chi connectivity index (χ3v) is 6.31. The fraction of sp³-hybridized carbons (Fsp3) is 0.130. The number of carbonyl (C=O) groups is 2. The van der Waals surface area contributed by atoms with E-state index in [0.717, 1.165) is 4.88 Å². The van der Waals surface area contributed by atoms with E-state index < -0.39 is 0 Å². The van der Waals surface area contributed by atoms with E-state index in [-0.39, 0.29) is 24.1 Å². The van der Waals surface area contributed by atoms with Crippen LogP contribution in [0, 0.1) is 0 Å². The van der Waals surface area contributed by atoms with E-state index >= 15 is 0 Å². The van der Waals surface area contributed by atoms with E-state index in [1.165, 1.54) is 16.7 Å². The number of amides is 2. The lowest BCUT2D eigenvalue weighted by Crippen LogP contribution is -2.31. The van der Waals surface area contributed by atoms with Gasteiger partial charge >= 0.3 is 0 Å². The van der Waals surface area contributed by atoms with Gasteiger partial charge in [0.15, 0.2) is 0 Å². The van der Waals surface area contributed by atoms with Gasteiger partial charge in [-0.15, -0.1) is 16.4 Å². The van der Waals surface area contributed by atoms with E-state index in [9.17, 15) is 9.59 Å². The number of H-pyrrole nitrogens is 1. The standard InChI is InChI=1S/C23H21N5O3S2/c1-28(19-9-3-2-8-18(19)22(30)24-14-16-6-4-12-31-16)21(29)15-33-23-25-20(26-27-23)11-10-17-7-5-13-32-17/h2-13H,14-15H2,1H3,(H,24,30)(H,25,26,27)/b11-10+. The number of furan rings is 1. The van der Waals surface area contributed by atoms with Crippen molar-refractivity contribution in [2.75, 3.05) is 17.7 Å². The van der Waals surface area contributed by atoms with Gasteiger partial charge in [0, 0.05) is 11.9 Å². The van der Waals surface area contributed by atoms with Gasteiger partial charge in [-0.3, -0.25) is 14.7 Å². The Labute approximate surface area is 198 Å². The second-order valence-corrected chi connectivity index (χ2v) is 8.79. The normalized spacial score (nSPS) is 11.1. The Morgan fingerprint density at radius 1 is 1.18 bits per heavy atom.